The van der Waals surface area contributed by atoms with Crippen molar-refractivity contribution in [2.45, 2.75) is 65.8 Å². The monoisotopic (exact) mass is 220 g/mol. The zero-order valence-corrected chi connectivity index (χ0v) is 10.7. The highest BCUT2D eigenvalue weighted by molar-refractivity contribution is 4.67. The summed E-state index contributed by atoms with van der Waals surface area (Å²) in [4.78, 5) is 14.4. The normalized spacial score (nSPS) is 13.6. The molecule has 0 unspecified atom stereocenters. The van der Waals surface area contributed by atoms with Crippen LogP contribution in [0.25, 0.3) is 0 Å². The van der Waals surface area contributed by atoms with E-state index >= 15 is 0 Å². The molecule has 1 N–H and O–H groups in total. The zero-order valence-electron chi connectivity index (χ0n) is 10.7. The van der Waals surface area contributed by atoms with Gasteiger partial charge in [-0.3, -0.25) is 0 Å². The summed E-state index contributed by atoms with van der Waals surface area (Å²) < 4.78 is 0. The average Bonchev–Trinajstić information content (AvgIpc) is 2.13. The van der Waals surface area contributed by atoms with Crippen LogP contribution in [-0.2, 0) is 14.7 Å². The highest BCUT2D eigenvalue weighted by Crippen LogP contribution is 2.23. The van der Waals surface area contributed by atoms with Crippen molar-refractivity contribution in [3.8, 4) is 0 Å². The summed E-state index contributed by atoms with van der Waals surface area (Å²) in [6.45, 7) is 11.4. The van der Waals surface area contributed by atoms with Crippen LogP contribution >= 0.6 is 0 Å². The molecule has 0 radical (unpaired) electrons. The van der Waals surface area contributed by atoms with Crippen molar-refractivity contribution in [2.75, 3.05) is 0 Å². The first-order valence-corrected chi connectivity index (χ1v) is 5.38. The maximum atomic E-state index is 8.50. The minimum absolute atomic E-state index is 0.375. The van der Waals surface area contributed by atoms with Gasteiger partial charge in [-0.2, -0.15) is 4.89 Å². The van der Waals surface area contributed by atoms with Crippen molar-refractivity contribution < 1.29 is 19.9 Å². The van der Waals surface area contributed by atoms with Gasteiger partial charge in [-0.25, -0.2) is 15.0 Å². The van der Waals surface area contributed by atoms with Gasteiger partial charge in [-0.15, -0.1) is 0 Å². The van der Waals surface area contributed by atoms with Gasteiger partial charge in [-0.1, -0.05) is 13.8 Å². The smallest absolute Gasteiger partial charge is 0.228 e. The van der Waals surface area contributed by atoms with E-state index in [9.17, 15) is 0 Å². The Labute approximate surface area is 92.4 Å². The first kappa shape index (κ1) is 14.8. The zero-order chi connectivity index (χ0) is 12.1. The molecule has 0 atom stereocenters. The molecule has 0 saturated heterocycles. The van der Waals surface area contributed by atoms with Crippen LogP contribution in [0, 0.1) is 5.92 Å². The lowest BCUT2D eigenvalue weighted by atomic mass is 9.97. The van der Waals surface area contributed by atoms with Crippen LogP contribution in [0.2, 0.25) is 0 Å². The lowest BCUT2D eigenvalue weighted by Crippen LogP contribution is -2.34. The van der Waals surface area contributed by atoms with Crippen LogP contribution in [0.15, 0.2) is 0 Å². The molecule has 0 aliphatic rings. The third kappa shape index (κ3) is 7.73. The van der Waals surface area contributed by atoms with Crippen molar-refractivity contribution in [2.24, 2.45) is 5.92 Å². The molecular weight excluding hydrogens is 196 g/mol. The second-order valence-electron chi connectivity index (χ2n) is 5.35. The molecule has 0 aliphatic heterocycles. The predicted molar refractivity (Wildman–Crippen MR) is 58.1 cm³/mol. The van der Waals surface area contributed by atoms with Gasteiger partial charge >= 0.3 is 0 Å². The maximum Gasteiger partial charge on any atom is 0.228 e. The molecule has 4 nitrogen and oxygen atoms in total. The molecule has 0 aromatic carbocycles. The van der Waals surface area contributed by atoms with E-state index < -0.39 is 5.79 Å². The Morgan fingerprint density at radius 2 is 1.60 bits per heavy atom. The maximum absolute atomic E-state index is 8.50. The van der Waals surface area contributed by atoms with E-state index in [-0.39, 0.29) is 5.60 Å². The van der Waals surface area contributed by atoms with Crippen LogP contribution in [0.3, 0.4) is 0 Å². The fraction of sp³-hybridized carbons (Fsp3) is 1.00. The summed E-state index contributed by atoms with van der Waals surface area (Å²) in [5.74, 6) is -0.496. The average molecular weight is 220 g/mol. The van der Waals surface area contributed by atoms with E-state index in [1.807, 2.05) is 13.8 Å². The molecule has 0 rings (SSSR count). The van der Waals surface area contributed by atoms with Crippen LogP contribution in [-0.4, -0.2) is 16.6 Å². The fourth-order valence-electron chi connectivity index (χ4n) is 0.906. The van der Waals surface area contributed by atoms with Gasteiger partial charge in [0, 0.05) is 0 Å². The Kier molecular flexibility index (Phi) is 5.73. The van der Waals surface area contributed by atoms with Crippen LogP contribution in [0.1, 0.15) is 54.4 Å². The predicted octanol–water partition coefficient (Wildman–Crippen LogP) is 3.38. The standard InChI is InChI=1S/C11H24O4/c1-9(2)7-8-10(3,4)14-15-11(5,6)13-12/h9,12H,7-8H2,1-6H3. The van der Waals surface area contributed by atoms with Crippen molar-refractivity contribution >= 4 is 0 Å². The van der Waals surface area contributed by atoms with E-state index in [4.69, 9.17) is 15.0 Å². The van der Waals surface area contributed by atoms with Crippen LogP contribution < -0.4 is 0 Å². The van der Waals surface area contributed by atoms with Crippen molar-refractivity contribution in [3.05, 3.63) is 0 Å². The largest absolute Gasteiger partial charge is 0.249 e. The Bertz CT molecular complexity index is 175. The van der Waals surface area contributed by atoms with E-state index in [1.165, 1.54) is 0 Å². The van der Waals surface area contributed by atoms with Gasteiger partial charge in [-0.05, 0) is 46.5 Å². The molecule has 0 aromatic rings. The molecule has 0 spiro atoms. The molecule has 4 heteroatoms. The molecule has 0 aliphatic carbocycles. The molecule has 92 valence electrons. The van der Waals surface area contributed by atoms with Gasteiger partial charge in [0.1, 0.15) is 0 Å². The summed E-state index contributed by atoms with van der Waals surface area (Å²) in [6, 6.07) is 0. The Morgan fingerprint density at radius 3 is 2.00 bits per heavy atom. The third-order valence-corrected chi connectivity index (χ3v) is 2.01. The van der Waals surface area contributed by atoms with E-state index in [0.717, 1.165) is 12.8 Å². The lowest BCUT2D eigenvalue weighted by Gasteiger charge is -2.29. The van der Waals surface area contributed by atoms with E-state index in [0.29, 0.717) is 5.92 Å². The van der Waals surface area contributed by atoms with Crippen molar-refractivity contribution in [1.29, 1.82) is 0 Å². The number of hydrogen-bond donors (Lipinski definition) is 1. The first-order valence-electron chi connectivity index (χ1n) is 5.38. The van der Waals surface area contributed by atoms with Gasteiger partial charge in [0.05, 0.1) is 5.60 Å². The Morgan fingerprint density at radius 1 is 1.07 bits per heavy atom. The van der Waals surface area contributed by atoms with Crippen LogP contribution in [0.4, 0.5) is 0 Å². The summed E-state index contributed by atoms with van der Waals surface area (Å²) in [6.07, 6.45) is 1.96. The Balaban J connectivity index is 3.93. The second-order valence-corrected chi connectivity index (χ2v) is 5.35. The van der Waals surface area contributed by atoms with Gasteiger partial charge in [0.2, 0.25) is 5.79 Å². The molecular formula is C11H24O4. The minimum atomic E-state index is -1.13. The Hall–Kier alpha value is -0.160. The van der Waals surface area contributed by atoms with E-state index in [1.54, 1.807) is 13.8 Å². The van der Waals surface area contributed by atoms with Crippen molar-refractivity contribution in [3.63, 3.8) is 0 Å². The van der Waals surface area contributed by atoms with Gasteiger partial charge < -0.3 is 0 Å². The highest BCUT2D eigenvalue weighted by Gasteiger charge is 2.27. The number of rotatable bonds is 7. The van der Waals surface area contributed by atoms with Gasteiger partial charge in [0.25, 0.3) is 0 Å². The molecule has 0 heterocycles. The highest BCUT2D eigenvalue weighted by atomic mass is 17.3. The van der Waals surface area contributed by atoms with Crippen molar-refractivity contribution in [1.82, 2.24) is 0 Å². The van der Waals surface area contributed by atoms with Crippen LogP contribution in [0.5, 0.6) is 0 Å². The SMILES string of the molecule is CC(C)CCC(C)(C)OOC(C)(C)OO. The molecule has 15 heavy (non-hydrogen) atoms. The third-order valence-electron chi connectivity index (χ3n) is 2.01. The quantitative estimate of drug-likeness (QED) is 0.406. The summed E-state index contributed by atoms with van der Waals surface area (Å²) in [7, 11) is 0. The topological polar surface area (TPSA) is 47.9 Å². The van der Waals surface area contributed by atoms with E-state index in [2.05, 4.69) is 18.7 Å². The molecule has 0 saturated carbocycles. The second kappa shape index (κ2) is 5.80. The summed E-state index contributed by atoms with van der Waals surface area (Å²) >= 11 is 0. The lowest BCUT2D eigenvalue weighted by molar-refractivity contribution is -0.509. The molecule has 0 aromatic heterocycles. The summed E-state index contributed by atoms with van der Waals surface area (Å²) in [5, 5.41) is 8.50. The number of hydrogen-bond acceptors (Lipinski definition) is 4. The first-order chi connectivity index (χ1) is 6.68. The molecule has 0 fully saturated rings. The molecule has 0 amide bonds. The minimum Gasteiger partial charge on any atom is -0.249 e. The summed E-state index contributed by atoms with van der Waals surface area (Å²) in [5.41, 5.74) is -0.375. The van der Waals surface area contributed by atoms with Gasteiger partial charge in [0.15, 0.2) is 0 Å². The fourth-order valence-corrected chi connectivity index (χ4v) is 0.906. The molecule has 0 bridgehead atoms.